The zero-order chi connectivity index (χ0) is 12.1. The van der Waals surface area contributed by atoms with Crippen molar-refractivity contribution < 1.29 is 9.90 Å². The standard InChI is InChI=1S/C12H24N2O2/c1-4-12(16)10-6-11(13-5-2)8-14(7-10)9(3)15/h10-13,16H,4-8H2,1-3H3. The minimum absolute atomic E-state index is 0.107. The van der Waals surface area contributed by atoms with Crippen LogP contribution in [0.3, 0.4) is 0 Å². The fourth-order valence-electron chi connectivity index (χ4n) is 2.44. The van der Waals surface area contributed by atoms with Crippen LogP contribution in [0.5, 0.6) is 0 Å². The highest BCUT2D eigenvalue weighted by Gasteiger charge is 2.31. The highest BCUT2D eigenvalue weighted by Crippen LogP contribution is 2.21. The van der Waals surface area contributed by atoms with Crippen molar-refractivity contribution >= 4 is 5.91 Å². The average molecular weight is 228 g/mol. The Labute approximate surface area is 98.0 Å². The van der Waals surface area contributed by atoms with Crippen molar-refractivity contribution in [3.63, 3.8) is 0 Å². The van der Waals surface area contributed by atoms with Crippen LogP contribution in [0.25, 0.3) is 0 Å². The molecule has 0 radical (unpaired) electrons. The summed E-state index contributed by atoms with van der Waals surface area (Å²) in [6, 6.07) is 0.328. The number of hydrogen-bond acceptors (Lipinski definition) is 3. The maximum Gasteiger partial charge on any atom is 0.219 e. The molecule has 1 saturated heterocycles. The minimum Gasteiger partial charge on any atom is -0.393 e. The number of amides is 1. The van der Waals surface area contributed by atoms with E-state index in [1.165, 1.54) is 0 Å². The largest absolute Gasteiger partial charge is 0.393 e. The molecule has 2 N–H and O–H groups in total. The molecule has 1 aliphatic rings. The van der Waals surface area contributed by atoms with Gasteiger partial charge < -0.3 is 15.3 Å². The Hall–Kier alpha value is -0.610. The summed E-state index contributed by atoms with van der Waals surface area (Å²) in [4.78, 5) is 13.3. The maximum atomic E-state index is 11.4. The lowest BCUT2D eigenvalue weighted by Gasteiger charge is -2.39. The van der Waals surface area contributed by atoms with Crippen LogP contribution in [0.1, 0.15) is 33.6 Å². The number of likely N-dealkylation sites (tertiary alicyclic amines) is 1. The van der Waals surface area contributed by atoms with Crippen molar-refractivity contribution in [2.75, 3.05) is 19.6 Å². The second-order valence-electron chi connectivity index (χ2n) is 4.65. The highest BCUT2D eigenvalue weighted by atomic mass is 16.3. The van der Waals surface area contributed by atoms with Crippen LogP contribution in [0.2, 0.25) is 0 Å². The third-order valence-electron chi connectivity index (χ3n) is 3.38. The van der Waals surface area contributed by atoms with Gasteiger partial charge in [-0.05, 0) is 19.4 Å². The third-order valence-corrected chi connectivity index (χ3v) is 3.38. The van der Waals surface area contributed by atoms with Gasteiger partial charge in [0.2, 0.25) is 5.91 Å². The molecule has 4 nitrogen and oxygen atoms in total. The molecule has 4 heteroatoms. The predicted octanol–water partition coefficient (Wildman–Crippen LogP) is 0.604. The van der Waals surface area contributed by atoms with E-state index in [1.54, 1.807) is 6.92 Å². The van der Waals surface area contributed by atoms with Crippen molar-refractivity contribution in [1.82, 2.24) is 10.2 Å². The molecule has 0 aromatic carbocycles. The lowest BCUT2D eigenvalue weighted by Crippen LogP contribution is -2.52. The van der Waals surface area contributed by atoms with Gasteiger partial charge in [0, 0.05) is 32.0 Å². The summed E-state index contributed by atoms with van der Waals surface area (Å²) in [7, 11) is 0. The SMILES string of the molecule is CCNC1CC(C(O)CC)CN(C(C)=O)C1. The Kier molecular flexibility index (Phi) is 5.22. The first-order chi connectivity index (χ1) is 7.58. The van der Waals surface area contributed by atoms with E-state index in [4.69, 9.17) is 0 Å². The number of aliphatic hydroxyl groups excluding tert-OH is 1. The van der Waals surface area contributed by atoms with Gasteiger partial charge >= 0.3 is 0 Å². The Morgan fingerprint density at radius 3 is 2.69 bits per heavy atom. The van der Waals surface area contributed by atoms with E-state index in [0.29, 0.717) is 12.6 Å². The summed E-state index contributed by atoms with van der Waals surface area (Å²) in [5.41, 5.74) is 0. The summed E-state index contributed by atoms with van der Waals surface area (Å²) in [6.07, 6.45) is 1.44. The van der Waals surface area contributed by atoms with E-state index >= 15 is 0 Å². The first kappa shape index (κ1) is 13.5. The Morgan fingerprint density at radius 2 is 2.19 bits per heavy atom. The van der Waals surface area contributed by atoms with Crippen LogP contribution < -0.4 is 5.32 Å². The van der Waals surface area contributed by atoms with E-state index in [-0.39, 0.29) is 17.9 Å². The van der Waals surface area contributed by atoms with Crippen molar-refractivity contribution in [3.8, 4) is 0 Å². The van der Waals surface area contributed by atoms with Crippen LogP contribution in [0, 0.1) is 5.92 Å². The lowest BCUT2D eigenvalue weighted by atomic mass is 9.88. The van der Waals surface area contributed by atoms with Gasteiger partial charge in [-0.3, -0.25) is 4.79 Å². The van der Waals surface area contributed by atoms with Gasteiger partial charge in [-0.1, -0.05) is 13.8 Å². The van der Waals surface area contributed by atoms with Gasteiger partial charge in [0.25, 0.3) is 0 Å². The molecule has 0 aliphatic carbocycles. The number of rotatable bonds is 4. The Balaban J connectivity index is 2.62. The van der Waals surface area contributed by atoms with Crippen molar-refractivity contribution in [2.45, 2.75) is 45.8 Å². The van der Waals surface area contributed by atoms with Gasteiger partial charge in [0.1, 0.15) is 0 Å². The molecular weight excluding hydrogens is 204 g/mol. The van der Waals surface area contributed by atoms with E-state index in [0.717, 1.165) is 25.9 Å². The number of piperidine rings is 1. The van der Waals surface area contributed by atoms with E-state index < -0.39 is 0 Å². The number of carbonyl (C=O) groups is 1. The highest BCUT2D eigenvalue weighted by molar-refractivity contribution is 5.73. The number of nitrogens with one attached hydrogen (secondary N) is 1. The number of aliphatic hydroxyl groups is 1. The molecule has 0 saturated carbocycles. The normalized spacial score (nSPS) is 27.9. The maximum absolute atomic E-state index is 11.4. The van der Waals surface area contributed by atoms with Gasteiger partial charge in [0.15, 0.2) is 0 Å². The molecule has 0 aromatic rings. The molecule has 0 aromatic heterocycles. The lowest BCUT2D eigenvalue weighted by molar-refractivity contribution is -0.132. The van der Waals surface area contributed by atoms with Crippen LogP contribution >= 0.6 is 0 Å². The molecule has 1 rings (SSSR count). The number of likely N-dealkylation sites (N-methyl/N-ethyl adjacent to an activating group) is 1. The quantitative estimate of drug-likeness (QED) is 0.741. The van der Waals surface area contributed by atoms with Gasteiger partial charge in [0.05, 0.1) is 6.10 Å². The van der Waals surface area contributed by atoms with Gasteiger partial charge in [-0.2, -0.15) is 0 Å². The van der Waals surface area contributed by atoms with Crippen molar-refractivity contribution in [3.05, 3.63) is 0 Å². The summed E-state index contributed by atoms with van der Waals surface area (Å²) >= 11 is 0. The average Bonchev–Trinajstić information content (AvgIpc) is 2.28. The molecular formula is C12H24N2O2. The molecule has 3 unspecified atom stereocenters. The van der Waals surface area contributed by atoms with Crippen molar-refractivity contribution in [1.29, 1.82) is 0 Å². The first-order valence-corrected chi connectivity index (χ1v) is 6.25. The molecule has 0 spiro atoms. The molecule has 1 amide bonds. The topological polar surface area (TPSA) is 52.6 Å². The van der Waals surface area contributed by atoms with Crippen LogP contribution in [0.4, 0.5) is 0 Å². The smallest absolute Gasteiger partial charge is 0.219 e. The number of hydrogen-bond donors (Lipinski definition) is 2. The zero-order valence-electron chi connectivity index (χ0n) is 10.6. The number of nitrogens with zero attached hydrogens (tertiary/aromatic N) is 1. The summed E-state index contributed by atoms with van der Waals surface area (Å²) < 4.78 is 0. The van der Waals surface area contributed by atoms with E-state index in [9.17, 15) is 9.90 Å². The monoisotopic (exact) mass is 228 g/mol. The Bertz CT molecular complexity index is 233. The van der Waals surface area contributed by atoms with Gasteiger partial charge in [-0.25, -0.2) is 0 Å². The molecule has 16 heavy (non-hydrogen) atoms. The van der Waals surface area contributed by atoms with Crippen LogP contribution in [-0.4, -0.2) is 47.7 Å². The molecule has 0 bridgehead atoms. The predicted molar refractivity (Wildman–Crippen MR) is 64.1 cm³/mol. The third kappa shape index (κ3) is 3.46. The van der Waals surface area contributed by atoms with E-state index in [1.807, 2.05) is 11.8 Å². The Morgan fingerprint density at radius 1 is 1.50 bits per heavy atom. The fourth-order valence-corrected chi connectivity index (χ4v) is 2.44. The van der Waals surface area contributed by atoms with Crippen LogP contribution in [0.15, 0.2) is 0 Å². The fraction of sp³-hybridized carbons (Fsp3) is 0.917. The summed E-state index contributed by atoms with van der Waals surface area (Å²) in [6.45, 7) is 8.04. The molecule has 1 aliphatic heterocycles. The second-order valence-corrected chi connectivity index (χ2v) is 4.65. The second kappa shape index (κ2) is 6.21. The van der Waals surface area contributed by atoms with E-state index in [2.05, 4.69) is 12.2 Å². The molecule has 94 valence electrons. The zero-order valence-corrected chi connectivity index (χ0v) is 10.6. The molecule has 1 fully saturated rings. The molecule has 3 atom stereocenters. The van der Waals surface area contributed by atoms with Crippen molar-refractivity contribution in [2.24, 2.45) is 5.92 Å². The molecule has 1 heterocycles. The van der Waals surface area contributed by atoms with Crippen LogP contribution in [-0.2, 0) is 4.79 Å². The summed E-state index contributed by atoms with van der Waals surface area (Å²) in [5, 5.41) is 13.3. The number of carbonyl (C=O) groups excluding carboxylic acids is 1. The first-order valence-electron chi connectivity index (χ1n) is 6.25. The van der Waals surface area contributed by atoms with Gasteiger partial charge in [-0.15, -0.1) is 0 Å². The summed E-state index contributed by atoms with van der Waals surface area (Å²) in [5.74, 6) is 0.322. The minimum atomic E-state index is -0.289.